The number of rotatable bonds is 5. The van der Waals surface area contributed by atoms with Gasteiger partial charge in [-0.3, -0.25) is 10.1 Å². The Morgan fingerprint density at radius 1 is 1.26 bits per heavy atom. The van der Waals surface area contributed by atoms with Crippen molar-refractivity contribution in [2.75, 3.05) is 5.32 Å². The molecule has 1 aromatic rings. The zero-order valence-electron chi connectivity index (χ0n) is 11.8. The van der Waals surface area contributed by atoms with E-state index in [-0.39, 0.29) is 5.95 Å². The molecule has 0 aromatic carbocycles. The summed E-state index contributed by atoms with van der Waals surface area (Å²) >= 11 is 0. The molecule has 0 fully saturated rings. The van der Waals surface area contributed by atoms with Crippen LogP contribution in [0.4, 0.5) is 5.95 Å². The number of hydrogen-bond acceptors (Lipinski definition) is 5. The van der Waals surface area contributed by atoms with Crippen LogP contribution in [-0.4, -0.2) is 21.1 Å². The second-order valence-corrected chi connectivity index (χ2v) is 4.49. The lowest BCUT2D eigenvalue weighted by molar-refractivity contribution is -0.122. The Hall–Kier alpha value is -2.03. The Bertz CT molecular complexity index is 508. The van der Waals surface area contributed by atoms with E-state index in [1.165, 1.54) is 0 Å². The smallest absolute Gasteiger partial charge is 0.249 e. The standard InChI is InChI=1S/C13H19N5O/c1-5-9-10(6-2)17-18-12(15-9)16-11(19)13(4,7-3)8-14/h5-7H2,1-4H3,(H,15,16,18,19). The van der Waals surface area contributed by atoms with Crippen molar-refractivity contribution in [3.63, 3.8) is 0 Å². The van der Waals surface area contributed by atoms with E-state index in [0.717, 1.165) is 24.2 Å². The summed E-state index contributed by atoms with van der Waals surface area (Å²) in [6, 6.07) is 2.01. The molecular formula is C13H19N5O. The third kappa shape index (κ3) is 3.25. The third-order valence-electron chi connectivity index (χ3n) is 3.19. The molecule has 102 valence electrons. The van der Waals surface area contributed by atoms with Gasteiger partial charge in [-0.25, -0.2) is 4.98 Å². The first kappa shape index (κ1) is 15.0. The number of amides is 1. The molecule has 6 nitrogen and oxygen atoms in total. The van der Waals surface area contributed by atoms with Gasteiger partial charge in [0, 0.05) is 0 Å². The summed E-state index contributed by atoms with van der Waals surface area (Å²) in [6.45, 7) is 7.34. The van der Waals surface area contributed by atoms with E-state index in [1.54, 1.807) is 13.8 Å². The first-order chi connectivity index (χ1) is 9.00. The number of nitriles is 1. The van der Waals surface area contributed by atoms with Crippen molar-refractivity contribution in [3.8, 4) is 6.07 Å². The first-order valence-corrected chi connectivity index (χ1v) is 6.45. The fourth-order valence-corrected chi connectivity index (χ4v) is 1.52. The molecule has 19 heavy (non-hydrogen) atoms. The predicted molar refractivity (Wildman–Crippen MR) is 71.2 cm³/mol. The van der Waals surface area contributed by atoms with Gasteiger partial charge in [0.2, 0.25) is 11.9 Å². The van der Waals surface area contributed by atoms with Crippen molar-refractivity contribution in [1.29, 1.82) is 5.26 Å². The van der Waals surface area contributed by atoms with Crippen LogP contribution < -0.4 is 5.32 Å². The number of aryl methyl sites for hydroxylation is 2. The number of nitrogens with zero attached hydrogens (tertiary/aromatic N) is 4. The molecule has 0 bridgehead atoms. The molecule has 0 spiro atoms. The maximum Gasteiger partial charge on any atom is 0.249 e. The SMILES string of the molecule is CCc1nnc(NC(=O)C(C)(C#N)CC)nc1CC. The predicted octanol–water partition coefficient (Wildman–Crippen LogP) is 1.87. The van der Waals surface area contributed by atoms with Gasteiger partial charge < -0.3 is 0 Å². The highest BCUT2D eigenvalue weighted by Crippen LogP contribution is 2.21. The maximum absolute atomic E-state index is 12.0. The molecule has 0 aliphatic rings. The molecule has 1 rings (SSSR count). The molecule has 1 heterocycles. The Balaban J connectivity index is 2.95. The van der Waals surface area contributed by atoms with E-state index < -0.39 is 11.3 Å². The van der Waals surface area contributed by atoms with Crippen molar-refractivity contribution in [2.24, 2.45) is 5.41 Å². The fraction of sp³-hybridized carbons (Fsp3) is 0.615. The van der Waals surface area contributed by atoms with Gasteiger partial charge in [0.25, 0.3) is 0 Å². The lowest BCUT2D eigenvalue weighted by Gasteiger charge is -2.17. The number of carbonyl (C=O) groups is 1. The number of carbonyl (C=O) groups excluding carboxylic acids is 1. The Morgan fingerprint density at radius 3 is 2.37 bits per heavy atom. The minimum Gasteiger partial charge on any atom is -0.292 e. The summed E-state index contributed by atoms with van der Waals surface area (Å²) < 4.78 is 0. The Kier molecular flexibility index (Phi) is 4.93. The molecule has 0 saturated carbocycles. The van der Waals surface area contributed by atoms with Gasteiger partial charge in [0.15, 0.2) is 0 Å². The van der Waals surface area contributed by atoms with E-state index in [0.29, 0.717) is 6.42 Å². The lowest BCUT2D eigenvalue weighted by Crippen LogP contribution is -2.32. The van der Waals surface area contributed by atoms with Crippen LogP contribution in [0.2, 0.25) is 0 Å². The number of aromatic nitrogens is 3. The average Bonchev–Trinajstić information content (AvgIpc) is 2.45. The summed E-state index contributed by atoms with van der Waals surface area (Å²) in [4.78, 5) is 16.3. The largest absolute Gasteiger partial charge is 0.292 e. The Labute approximate surface area is 113 Å². The van der Waals surface area contributed by atoms with E-state index in [4.69, 9.17) is 5.26 Å². The van der Waals surface area contributed by atoms with Crippen LogP contribution in [0, 0.1) is 16.7 Å². The third-order valence-corrected chi connectivity index (χ3v) is 3.19. The molecule has 1 unspecified atom stereocenters. The summed E-state index contributed by atoms with van der Waals surface area (Å²) in [5.41, 5.74) is 0.584. The zero-order chi connectivity index (χ0) is 14.5. The highest BCUT2D eigenvalue weighted by molar-refractivity contribution is 5.95. The van der Waals surface area contributed by atoms with Crippen molar-refractivity contribution in [3.05, 3.63) is 11.4 Å². The van der Waals surface area contributed by atoms with Gasteiger partial charge >= 0.3 is 0 Å². The van der Waals surface area contributed by atoms with E-state index in [9.17, 15) is 4.79 Å². The van der Waals surface area contributed by atoms with Crippen molar-refractivity contribution >= 4 is 11.9 Å². The second-order valence-electron chi connectivity index (χ2n) is 4.49. The second kappa shape index (κ2) is 6.23. The molecule has 1 N–H and O–H groups in total. The van der Waals surface area contributed by atoms with Crippen molar-refractivity contribution in [1.82, 2.24) is 15.2 Å². The van der Waals surface area contributed by atoms with E-state index in [2.05, 4.69) is 20.5 Å². The lowest BCUT2D eigenvalue weighted by atomic mass is 9.88. The summed E-state index contributed by atoms with van der Waals surface area (Å²) in [5, 5.41) is 19.5. The minimum absolute atomic E-state index is 0.161. The molecule has 0 radical (unpaired) electrons. The number of anilines is 1. The van der Waals surface area contributed by atoms with Crippen LogP contribution in [0.5, 0.6) is 0 Å². The van der Waals surface area contributed by atoms with Crippen LogP contribution in [0.3, 0.4) is 0 Å². The molecule has 0 aliphatic carbocycles. The van der Waals surface area contributed by atoms with Gasteiger partial charge in [0.1, 0.15) is 5.41 Å². The summed E-state index contributed by atoms with van der Waals surface area (Å²) in [6.07, 6.45) is 1.91. The molecule has 6 heteroatoms. The van der Waals surface area contributed by atoms with Gasteiger partial charge in [-0.2, -0.15) is 5.26 Å². The van der Waals surface area contributed by atoms with Gasteiger partial charge in [-0.05, 0) is 26.2 Å². The summed E-state index contributed by atoms with van der Waals surface area (Å²) in [7, 11) is 0. The fourth-order valence-electron chi connectivity index (χ4n) is 1.52. The monoisotopic (exact) mass is 261 g/mol. The molecule has 0 saturated heterocycles. The van der Waals surface area contributed by atoms with Gasteiger partial charge in [0.05, 0.1) is 17.5 Å². The molecule has 1 aromatic heterocycles. The highest BCUT2D eigenvalue weighted by atomic mass is 16.2. The topological polar surface area (TPSA) is 91.6 Å². The molecule has 0 aliphatic heterocycles. The van der Waals surface area contributed by atoms with Crippen LogP contribution in [-0.2, 0) is 17.6 Å². The molecule has 1 amide bonds. The van der Waals surface area contributed by atoms with Crippen LogP contribution in [0.25, 0.3) is 0 Å². The summed E-state index contributed by atoms with van der Waals surface area (Å²) in [5.74, 6) is -0.237. The highest BCUT2D eigenvalue weighted by Gasteiger charge is 2.31. The molecular weight excluding hydrogens is 242 g/mol. The normalized spacial score (nSPS) is 13.4. The first-order valence-electron chi connectivity index (χ1n) is 6.45. The number of nitrogens with one attached hydrogen (secondary N) is 1. The quantitative estimate of drug-likeness (QED) is 0.873. The van der Waals surface area contributed by atoms with E-state index in [1.807, 2.05) is 19.9 Å². The van der Waals surface area contributed by atoms with Gasteiger partial charge in [-0.1, -0.05) is 20.8 Å². The van der Waals surface area contributed by atoms with E-state index >= 15 is 0 Å². The number of hydrogen-bond donors (Lipinski definition) is 1. The average molecular weight is 261 g/mol. The van der Waals surface area contributed by atoms with Gasteiger partial charge in [-0.15, -0.1) is 10.2 Å². The van der Waals surface area contributed by atoms with Crippen molar-refractivity contribution < 1.29 is 4.79 Å². The zero-order valence-corrected chi connectivity index (χ0v) is 11.8. The van der Waals surface area contributed by atoms with Crippen LogP contribution in [0.15, 0.2) is 0 Å². The maximum atomic E-state index is 12.0. The Morgan fingerprint density at radius 2 is 1.89 bits per heavy atom. The molecule has 1 atom stereocenters. The van der Waals surface area contributed by atoms with Crippen LogP contribution in [0.1, 0.15) is 45.5 Å². The van der Waals surface area contributed by atoms with Crippen LogP contribution >= 0.6 is 0 Å². The minimum atomic E-state index is -1.07. The van der Waals surface area contributed by atoms with Crippen molar-refractivity contribution in [2.45, 2.75) is 47.0 Å².